The molecule has 2 N–H and O–H groups in total. The molecule has 1 aliphatic rings. The number of benzene rings is 1. The first kappa shape index (κ1) is 17.8. The van der Waals surface area contributed by atoms with Crippen LogP contribution in [0.5, 0.6) is 5.75 Å². The molecule has 0 aromatic heterocycles. The number of amides is 1. The minimum absolute atomic E-state index is 0.295. The molecule has 0 saturated heterocycles. The highest BCUT2D eigenvalue weighted by Gasteiger charge is 2.62. The Labute approximate surface area is 141 Å². The first-order valence-electron chi connectivity index (χ1n) is 7.76. The topological polar surface area (TPSA) is 84.9 Å². The molecule has 1 aromatic rings. The van der Waals surface area contributed by atoms with Gasteiger partial charge in [-0.1, -0.05) is 24.8 Å². The average molecular weight is 333 g/mol. The molecule has 0 aliphatic heterocycles. The second kappa shape index (κ2) is 6.55. The lowest BCUT2D eigenvalue weighted by atomic mass is 10.1. The molecule has 6 nitrogen and oxygen atoms in total. The number of rotatable bonds is 6. The molecule has 0 heterocycles. The molecule has 1 fully saturated rings. The molecule has 0 radical (unpaired) electrons. The van der Waals surface area contributed by atoms with Crippen molar-refractivity contribution in [1.29, 1.82) is 0 Å². The van der Waals surface area contributed by atoms with Gasteiger partial charge in [-0.3, -0.25) is 0 Å². The van der Waals surface area contributed by atoms with Crippen molar-refractivity contribution in [1.82, 2.24) is 5.32 Å². The van der Waals surface area contributed by atoms with Crippen LogP contribution in [0, 0.1) is 0 Å². The zero-order chi connectivity index (χ0) is 18.0. The predicted molar refractivity (Wildman–Crippen MR) is 89.2 cm³/mol. The molecule has 0 bridgehead atoms. The van der Waals surface area contributed by atoms with E-state index in [1.54, 1.807) is 39.0 Å². The van der Waals surface area contributed by atoms with Gasteiger partial charge in [0.2, 0.25) is 0 Å². The van der Waals surface area contributed by atoms with E-state index in [2.05, 4.69) is 11.9 Å². The summed E-state index contributed by atoms with van der Waals surface area (Å²) in [4.78, 5) is 23.6. The Morgan fingerprint density at radius 3 is 2.50 bits per heavy atom. The van der Waals surface area contributed by atoms with Gasteiger partial charge in [-0.05, 0) is 44.9 Å². The second-order valence-electron chi connectivity index (χ2n) is 6.83. The normalized spacial score (nSPS) is 22.4. The molecule has 1 amide bonds. The van der Waals surface area contributed by atoms with Crippen LogP contribution >= 0.6 is 0 Å². The van der Waals surface area contributed by atoms with Crippen molar-refractivity contribution in [3.05, 3.63) is 42.5 Å². The van der Waals surface area contributed by atoms with Crippen molar-refractivity contribution in [2.24, 2.45) is 0 Å². The minimum atomic E-state index is -1.31. The fourth-order valence-electron chi connectivity index (χ4n) is 2.53. The largest absolute Gasteiger partial charge is 0.490 e. The number of hydrogen-bond acceptors (Lipinski definition) is 4. The fourth-order valence-corrected chi connectivity index (χ4v) is 2.53. The Morgan fingerprint density at radius 1 is 1.38 bits per heavy atom. The van der Waals surface area contributed by atoms with E-state index < -0.39 is 23.2 Å². The molecule has 6 heteroatoms. The number of hydrogen-bond donors (Lipinski definition) is 2. The quantitative estimate of drug-likeness (QED) is 0.782. The highest BCUT2D eigenvalue weighted by atomic mass is 16.6. The summed E-state index contributed by atoms with van der Waals surface area (Å²) in [7, 11) is 0. The van der Waals surface area contributed by atoms with E-state index in [0.717, 1.165) is 5.56 Å². The molecule has 1 aromatic carbocycles. The third-order valence-electron chi connectivity index (χ3n) is 3.72. The summed E-state index contributed by atoms with van der Waals surface area (Å²) in [5, 5.41) is 12.1. The second-order valence-corrected chi connectivity index (χ2v) is 6.83. The average Bonchev–Trinajstić information content (AvgIpc) is 3.19. The van der Waals surface area contributed by atoms with Crippen LogP contribution in [-0.2, 0) is 9.53 Å². The number of carboxylic acid groups (broad SMARTS) is 1. The van der Waals surface area contributed by atoms with E-state index in [-0.39, 0.29) is 5.92 Å². The number of carboxylic acids is 1. The van der Waals surface area contributed by atoms with Crippen molar-refractivity contribution < 1.29 is 24.2 Å². The molecule has 0 unspecified atom stereocenters. The van der Waals surface area contributed by atoms with Crippen LogP contribution in [0.2, 0.25) is 0 Å². The van der Waals surface area contributed by atoms with Gasteiger partial charge in [0, 0.05) is 5.92 Å². The lowest BCUT2D eigenvalue weighted by Gasteiger charge is -2.22. The van der Waals surface area contributed by atoms with Crippen LogP contribution in [0.1, 0.15) is 38.7 Å². The maximum atomic E-state index is 11.9. The third-order valence-corrected chi connectivity index (χ3v) is 3.72. The van der Waals surface area contributed by atoms with E-state index in [1.807, 2.05) is 12.1 Å². The lowest BCUT2D eigenvalue weighted by Crippen LogP contribution is -2.46. The molecule has 2 rings (SSSR count). The van der Waals surface area contributed by atoms with E-state index in [0.29, 0.717) is 18.8 Å². The number of aliphatic carboxylic acids is 1. The van der Waals surface area contributed by atoms with Gasteiger partial charge in [0.25, 0.3) is 0 Å². The van der Waals surface area contributed by atoms with Crippen molar-refractivity contribution in [2.75, 3.05) is 6.61 Å². The summed E-state index contributed by atoms with van der Waals surface area (Å²) < 4.78 is 10.6. The van der Waals surface area contributed by atoms with Crippen LogP contribution in [-0.4, -0.2) is 34.9 Å². The van der Waals surface area contributed by atoms with Gasteiger partial charge in [0.1, 0.15) is 23.5 Å². The van der Waals surface area contributed by atoms with E-state index in [1.165, 1.54) is 0 Å². The van der Waals surface area contributed by atoms with Gasteiger partial charge in [-0.15, -0.1) is 0 Å². The number of alkyl carbamates (subject to hydrolysis) is 1. The van der Waals surface area contributed by atoms with Gasteiger partial charge in [0.05, 0.1) is 0 Å². The predicted octanol–water partition coefficient (Wildman–Crippen LogP) is 3.09. The Hall–Kier alpha value is -2.50. The van der Waals surface area contributed by atoms with Crippen LogP contribution in [0.4, 0.5) is 4.79 Å². The Bertz CT molecular complexity index is 632. The number of carbonyl (C=O) groups is 2. The summed E-state index contributed by atoms with van der Waals surface area (Å²) in [6.45, 7) is 9.17. The molecule has 1 saturated carbocycles. The minimum Gasteiger partial charge on any atom is -0.490 e. The molecule has 0 spiro atoms. The summed E-state index contributed by atoms with van der Waals surface area (Å²) in [5.41, 5.74) is -1.16. The molecular weight excluding hydrogens is 310 g/mol. The fraction of sp³-hybridized carbons (Fsp3) is 0.444. The smallest absolute Gasteiger partial charge is 0.408 e. The number of ether oxygens (including phenoxy) is 2. The highest BCUT2D eigenvalue weighted by molar-refractivity contribution is 5.90. The van der Waals surface area contributed by atoms with Crippen molar-refractivity contribution in [3.8, 4) is 5.75 Å². The first-order chi connectivity index (χ1) is 11.2. The summed E-state index contributed by atoms with van der Waals surface area (Å²) in [5.74, 6) is -0.679. The molecule has 2 atom stereocenters. The van der Waals surface area contributed by atoms with E-state index in [9.17, 15) is 14.7 Å². The zero-order valence-corrected chi connectivity index (χ0v) is 14.2. The number of nitrogens with one attached hydrogen (secondary N) is 1. The van der Waals surface area contributed by atoms with Gasteiger partial charge >= 0.3 is 12.1 Å². The van der Waals surface area contributed by atoms with Crippen LogP contribution in [0.25, 0.3) is 0 Å². The lowest BCUT2D eigenvalue weighted by molar-refractivity contribution is -0.140. The zero-order valence-electron chi connectivity index (χ0n) is 14.2. The van der Waals surface area contributed by atoms with Crippen LogP contribution in [0.15, 0.2) is 36.9 Å². The monoisotopic (exact) mass is 333 g/mol. The molecular formula is C18H23NO5. The number of carbonyl (C=O) groups excluding carboxylic acids is 1. The molecule has 24 heavy (non-hydrogen) atoms. The van der Waals surface area contributed by atoms with Crippen LogP contribution in [0.3, 0.4) is 0 Å². The van der Waals surface area contributed by atoms with Crippen LogP contribution < -0.4 is 10.1 Å². The Balaban J connectivity index is 2.08. The van der Waals surface area contributed by atoms with Crippen molar-refractivity contribution >= 4 is 12.1 Å². The first-order valence-corrected chi connectivity index (χ1v) is 7.76. The summed E-state index contributed by atoms with van der Waals surface area (Å²) in [6, 6.07) is 7.17. The van der Waals surface area contributed by atoms with Gasteiger partial charge in [-0.2, -0.15) is 0 Å². The van der Waals surface area contributed by atoms with Crippen molar-refractivity contribution in [2.45, 2.75) is 44.2 Å². The summed E-state index contributed by atoms with van der Waals surface area (Å²) in [6.07, 6.45) is 1.25. The Morgan fingerprint density at radius 2 is 2.00 bits per heavy atom. The third kappa shape index (κ3) is 4.07. The van der Waals surface area contributed by atoms with Gasteiger partial charge in [-0.25, -0.2) is 9.59 Å². The highest BCUT2D eigenvalue weighted by Crippen LogP contribution is 2.52. The molecule has 1 aliphatic carbocycles. The van der Waals surface area contributed by atoms with E-state index in [4.69, 9.17) is 9.47 Å². The summed E-state index contributed by atoms with van der Waals surface area (Å²) >= 11 is 0. The van der Waals surface area contributed by atoms with E-state index >= 15 is 0 Å². The van der Waals surface area contributed by atoms with Gasteiger partial charge < -0.3 is 19.9 Å². The SMILES string of the molecule is C=CCOc1ccc([C@@H]2C[C@]2(NC(=O)OC(C)(C)C)C(=O)O)cc1. The standard InChI is InChI=1S/C18H23NO5/c1-5-10-23-13-8-6-12(7-9-13)14-11-18(14,15(20)21)19-16(22)24-17(2,3)4/h5-9,14H,1,10-11H2,2-4H3,(H,19,22)(H,20,21)/t14-,18+/m0/s1. The van der Waals surface area contributed by atoms with Gasteiger partial charge in [0.15, 0.2) is 0 Å². The Kier molecular flexibility index (Phi) is 4.87. The maximum absolute atomic E-state index is 11.9. The molecule has 130 valence electrons. The van der Waals surface area contributed by atoms with Crippen molar-refractivity contribution in [3.63, 3.8) is 0 Å². The maximum Gasteiger partial charge on any atom is 0.408 e.